The first-order chi connectivity index (χ1) is 9.45. The van der Waals surface area contributed by atoms with Crippen LogP contribution < -0.4 is 0 Å². The quantitative estimate of drug-likeness (QED) is 0.454. The Morgan fingerprint density at radius 2 is 1.65 bits per heavy atom. The highest BCUT2D eigenvalue weighted by atomic mass is 16.5. The molecule has 4 nitrogen and oxygen atoms in total. The van der Waals surface area contributed by atoms with Gasteiger partial charge in [-0.25, -0.2) is 0 Å². The second-order valence-corrected chi connectivity index (χ2v) is 5.28. The standard InChI is InChI=1S/C16H28O4/c1-5-19-15(17)9-10-16(18)20-12-11-14(4)8-6-7-13(2)3/h7,14H,5-6,8-12H2,1-4H3. The lowest BCUT2D eigenvalue weighted by atomic mass is 10.0. The molecule has 0 aliphatic carbocycles. The number of allylic oxidation sites excluding steroid dienone is 2. The summed E-state index contributed by atoms with van der Waals surface area (Å²) in [6.45, 7) is 8.86. The molecule has 0 saturated heterocycles. The Hall–Kier alpha value is -1.32. The van der Waals surface area contributed by atoms with Gasteiger partial charge in [-0.2, -0.15) is 0 Å². The van der Waals surface area contributed by atoms with Crippen molar-refractivity contribution in [1.82, 2.24) is 0 Å². The van der Waals surface area contributed by atoms with E-state index in [0.29, 0.717) is 19.1 Å². The first kappa shape index (κ1) is 18.7. The van der Waals surface area contributed by atoms with Crippen molar-refractivity contribution in [3.05, 3.63) is 11.6 Å². The lowest BCUT2D eigenvalue weighted by Crippen LogP contribution is -2.12. The third-order valence-electron chi connectivity index (χ3n) is 2.92. The van der Waals surface area contributed by atoms with E-state index in [2.05, 4.69) is 26.8 Å². The van der Waals surface area contributed by atoms with Crippen LogP contribution in [0.5, 0.6) is 0 Å². The van der Waals surface area contributed by atoms with Gasteiger partial charge in [-0.05, 0) is 46.0 Å². The smallest absolute Gasteiger partial charge is 0.306 e. The van der Waals surface area contributed by atoms with Gasteiger partial charge in [0.05, 0.1) is 26.1 Å². The molecule has 0 amide bonds. The van der Waals surface area contributed by atoms with Gasteiger partial charge in [0.15, 0.2) is 0 Å². The van der Waals surface area contributed by atoms with Crippen LogP contribution in [-0.2, 0) is 19.1 Å². The summed E-state index contributed by atoms with van der Waals surface area (Å²) in [5.41, 5.74) is 1.34. The van der Waals surface area contributed by atoms with E-state index in [4.69, 9.17) is 9.47 Å². The molecule has 0 heterocycles. The predicted octanol–water partition coefficient (Wildman–Crippen LogP) is 3.65. The molecule has 0 saturated carbocycles. The van der Waals surface area contributed by atoms with E-state index >= 15 is 0 Å². The van der Waals surface area contributed by atoms with Crippen molar-refractivity contribution in [2.45, 2.75) is 59.8 Å². The van der Waals surface area contributed by atoms with Crippen molar-refractivity contribution < 1.29 is 19.1 Å². The second-order valence-electron chi connectivity index (χ2n) is 5.28. The minimum Gasteiger partial charge on any atom is -0.466 e. The molecule has 116 valence electrons. The minimum absolute atomic E-state index is 0.1000. The van der Waals surface area contributed by atoms with Gasteiger partial charge in [0.25, 0.3) is 0 Å². The summed E-state index contributed by atoms with van der Waals surface area (Å²) in [5.74, 6) is -0.141. The lowest BCUT2D eigenvalue weighted by molar-refractivity contribution is -0.150. The number of carbonyl (C=O) groups is 2. The zero-order valence-electron chi connectivity index (χ0n) is 13.2. The van der Waals surface area contributed by atoms with E-state index in [9.17, 15) is 9.59 Å². The molecule has 0 aromatic rings. The van der Waals surface area contributed by atoms with Gasteiger partial charge in [-0.3, -0.25) is 9.59 Å². The molecule has 1 atom stereocenters. The maximum absolute atomic E-state index is 11.4. The van der Waals surface area contributed by atoms with E-state index < -0.39 is 0 Å². The summed E-state index contributed by atoms with van der Waals surface area (Å²) >= 11 is 0. The Labute approximate surface area is 122 Å². The largest absolute Gasteiger partial charge is 0.466 e. The minimum atomic E-state index is -0.348. The fourth-order valence-electron chi connectivity index (χ4n) is 1.68. The van der Waals surface area contributed by atoms with Gasteiger partial charge in [0.2, 0.25) is 0 Å². The number of carbonyl (C=O) groups excluding carboxylic acids is 2. The number of hydrogen-bond donors (Lipinski definition) is 0. The van der Waals surface area contributed by atoms with Crippen LogP contribution in [0.2, 0.25) is 0 Å². The number of esters is 2. The van der Waals surface area contributed by atoms with E-state index in [0.717, 1.165) is 19.3 Å². The van der Waals surface area contributed by atoms with E-state index in [-0.39, 0.29) is 24.8 Å². The van der Waals surface area contributed by atoms with Crippen LogP contribution >= 0.6 is 0 Å². The average Bonchev–Trinajstić information content (AvgIpc) is 2.36. The molecule has 0 N–H and O–H groups in total. The van der Waals surface area contributed by atoms with Crippen LogP contribution in [-0.4, -0.2) is 25.2 Å². The molecule has 0 bridgehead atoms. The van der Waals surface area contributed by atoms with Crippen LogP contribution in [0.1, 0.15) is 59.8 Å². The van der Waals surface area contributed by atoms with Gasteiger partial charge in [-0.1, -0.05) is 18.6 Å². The van der Waals surface area contributed by atoms with Gasteiger partial charge in [0, 0.05) is 0 Å². The van der Waals surface area contributed by atoms with Crippen molar-refractivity contribution in [3.63, 3.8) is 0 Å². The number of hydrogen-bond acceptors (Lipinski definition) is 4. The first-order valence-corrected chi connectivity index (χ1v) is 7.40. The third-order valence-corrected chi connectivity index (χ3v) is 2.92. The highest BCUT2D eigenvalue weighted by Gasteiger charge is 2.09. The summed E-state index contributed by atoms with van der Waals surface area (Å²) in [6, 6.07) is 0. The summed E-state index contributed by atoms with van der Waals surface area (Å²) in [4.78, 5) is 22.5. The molecular formula is C16H28O4. The first-order valence-electron chi connectivity index (χ1n) is 7.40. The maximum atomic E-state index is 11.4. The van der Waals surface area contributed by atoms with Crippen molar-refractivity contribution in [1.29, 1.82) is 0 Å². The van der Waals surface area contributed by atoms with Crippen molar-refractivity contribution in [3.8, 4) is 0 Å². The summed E-state index contributed by atoms with van der Waals surface area (Å²) in [7, 11) is 0. The Kier molecular flexibility index (Phi) is 10.7. The number of rotatable bonds is 10. The summed E-state index contributed by atoms with van der Waals surface area (Å²) in [5, 5.41) is 0. The van der Waals surface area contributed by atoms with Crippen LogP contribution in [0.25, 0.3) is 0 Å². The summed E-state index contributed by atoms with van der Waals surface area (Å²) < 4.78 is 9.85. The third kappa shape index (κ3) is 11.8. The van der Waals surface area contributed by atoms with Crippen molar-refractivity contribution in [2.24, 2.45) is 5.92 Å². The highest BCUT2D eigenvalue weighted by molar-refractivity contribution is 5.77. The van der Waals surface area contributed by atoms with E-state index in [1.165, 1.54) is 5.57 Å². The Morgan fingerprint density at radius 1 is 1.05 bits per heavy atom. The molecule has 1 unspecified atom stereocenters. The fourth-order valence-corrected chi connectivity index (χ4v) is 1.68. The molecule has 0 radical (unpaired) electrons. The topological polar surface area (TPSA) is 52.6 Å². The molecule has 20 heavy (non-hydrogen) atoms. The monoisotopic (exact) mass is 284 g/mol. The number of ether oxygens (including phenoxy) is 2. The lowest BCUT2D eigenvalue weighted by Gasteiger charge is -2.10. The molecule has 0 rings (SSSR count). The van der Waals surface area contributed by atoms with Crippen LogP contribution in [0.15, 0.2) is 11.6 Å². The molecule has 0 aromatic carbocycles. The fraction of sp³-hybridized carbons (Fsp3) is 0.750. The highest BCUT2D eigenvalue weighted by Crippen LogP contribution is 2.12. The van der Waals surface area contributed by atoms with E-state index in [1.807, 2.05) is 0 Å². The van der Waals surface area contributed by atoms with Crippen molar-refractivity contribution in [2.75, 3.05) is 13.2 Å². The maximum Gasteiger partial charge on any atom is 0.306 e. The molecule has 4 heteroatoms. The molecule has 0 aromatic heterocycles. The zero-order chi connectivity index (χ0) is 15.4. The van der Waals surface area contributed by atoms with Crippen LogP contribution in [0.3, 0.4) is 0 Å². The van der Waals surface area contributed by atoms with Crippen molar-refractivity contribution >= 4 is 11.9 Å². The van der Waals surface area contributed by atoms with Gasteiger partial charge >= 0.3 is 11.9 Å². The zero-order valence-corrected chi connectivity index (χ0v) is 13.2. The second kappa shape index (κ2) is 11.5. The van der Waals surface area contributed by atoms with Gasteiger partial charge in [0.1, 0.15) is 0 Å². The Bertz CT molecular complexity index is 316. The molecule has 0 spiro atoms. The van der Waals surface area contributed by atoms with Gasteiger partial charge in [-0.15, -0.1) is 0 Å². The summed E-state index contributed by atoms with van der Waals surface area (Å²) in [6.07, 6.45) is 5.46. The average molecular weight is 284 g/mol. The Balaban J connectivity index is 3.60. The van der Waals surface area contributed by atoms with Crippen LogP contribution in [0.4, 0.5) is 0 Å². The molecule has 0 fully saturated rings. The van der Waals surface area contributed by atoms with E-state index in [1.54, 1.807) is 6.92 Å². The van der Waals surface area contributed by atoms with Crippen LogP contribution in [0, 0.1) is 5.92 Å². The molecule has 0 aliphatic rings. The molecular weight excluding hydrogens is 256 g/mol. The predicted molar refractivity (Wildman–Crippen MR) is 79.3 cm³/mol. The SMILES string of the molecule is CCOC(=O)CCC(=O)OCCC(C)CCC=C(C)C. The normalized spacial score (nSPS) is 11.6. The van der Waals surface area contributed by atoms with Gasteiger partial charge < -0.3 is 9.47 Å². The Morgan fingerprint density at radius 3 is 2.20 bits per heavy atom. The molecule has 0 aliphatic heterocycles.